The first-order valence-electron chi connectivity index (χ1n) is 5.48. The van der Waals surface area contributed by atoms with Gasteiger partial charge in [0.1, 0.15) is 11.3 Å². The highest BCUT2D eigenvalue weighted by molar-refractivity contribution is 6.48. The maximum atomic E-state index is 12.0. The molecule has 0 N–H and O–H groups in total. The van der Waals surface area contributed by atoms with E-state index in [0.717, 1.165) is 0 Å². The number of benzene rings is 1. The number of halogens is 1. The minimum atomic E-state index is -1.32. The average molecular weight is 283 g/mol. The van der Waals surface area contributed by atoms with Gasteiger partial charge in [0, 0.05) is 5.02 Å². The molecule has 2 rings (SSSR count). The Kier molecular flexibility index (Phi) is 3.10. The van der Waals surface area contributed by atoms with Gasteiger partial charge < -0.3 is 9.47 Å². The standard InChI is InChI=1S/C13H11ClO5/c1-13(2)11(16)9(15)7-4-6(14)5-8(10(7)19-13)12(17)18-3/h4-5H,1-3H3. The van der Waals surface area contributed by atoms with Crippen molar-refractivity contribution in [3.63, 3.8) is 0 Å². The number of hydrogen-bond acceptors (Lipinski definition) is 5. The van der Waals surface area contributed by atoms with Crippen LogP contribution >= 0.6 is 11.6 Å². The lowest BCUT2D eigenvalue weighted by Crippen LogP contribution is -2.47. The van der Waals surface area contributed by atoms with E-state index in [1.165, 1.54) is 33.1 Å². The SMILES string of the molecule is COC(=O)c1cc(Cl)cc2c1OC(C)(C)C(=O)C2=O. The van der Waals surface area contributed by atoms with E-state index in [1.54, 1.807) is 0 Å². The lowest BCUT2D eigenvalue weighted by molar-refractivity contribution is -0.128. The Morgan fingerprint density at radius 2 is 1.95 bits per heavy atom. The lowest BCUT2D eigenvalue weighted by atomic mass is 9.90. The summed E-state index contributed by atoms with van der Waals surface area (Å²) in [5.74, 6) is -2.06. The monoisotopic (exact) mass is 282 g/mol. The summed E-state index contributed by atoms with van der Waals surface area (Å²) < 4.78 is 10.1. The molecule has 1 heterocycles. The van der Waals surface area contributed by atoms with Gasteiger partial charge in [0.05, 0.1) is 12.7 Å². The molecule has 0 saturated heterocycles. The van der Waals surface area contributed by atoms with Crippen LogP contribution in [0.2, 0.25) is 5.02 Å². The molecular weight excluding hydrogens is 272 g/mol. The molecule has 0 atom stereocenters. The summed E-state index contributed by atoms with van der Waals surface area (Å²) in [6, 6.07) is 2.64. The van der Waals surface area contributed by atoms with Gasteiger partial charge in [-0.15, -0.1) is 0 Å². The Morgan fingerprint density at radius 3 is 2.53 bits per heavy atom. The Balaban J connectivity index is 2.71. The van der Waals surface area contributed by atoms with Crippen LogP contribution in [-0.2, 0) is 9.53 Å². The molecule has 1 aromatic rings. The third-order valence-electron chi connectivity index (χ3n) is 2.81. The zero-order valence-corrected chi connectivity index (χ0v) is 11.3. The predicted molar refractivity (Wildman–Crippen MR) is 66.8 cm³/mol. The van der Waals surface area contributed by atoms with Crippen molar-refractivity contribution < 1.29 is 23.9 Å². The molecule has 0 aromatic heterocycles. The highest BCUT2D eigenvalue weighted by atomic mass is 35.5. The number of methoxy groups -OCH3 is 1. The second-order valence-corrected chi connectivity index (χ2v) is 5.03. The second-order valence-electron chi connectivity index (χ2n) is 4.59. The molecule has 1 aromatic carbocycles. The molecular formula is C13H11ClO5. The van der Waals surface area contributed by atoms with Gasteiger partial charge in [-0.3, -0.25) is 9.59 Å². The first kappa shape index (κ1) is 13.5. The summed E-state index contributed by atoms with van der Waals surface area (Å²) >= 11 is 5.84. The molecule has 1 aliphatic rings. The van der Waals surface area contributed by atoms with Crippen LogP contribution in [0.3, 0.4) is 0 Å². The van der Waals surface area contributed by atoms with E-state index >= 15 is 0 Å². The van der Waals surface area contributed by atoms with Crippen LogP contribution in [0, 0.1) is 0 Å². The molecule has 1 aliphatic heterocycles. The number of fused-ring (bicyclic) bond motifs is 1. The fraction of sp³-hybridized carbons (Fsp3) is 0.308. The van der Waals surface area contributed by atoms with E-state index in [4.69, 9.17) is 16.3 Å². The molecule has 0 aliphatic carbocycles. The molecule has 0 spiro atoms. The quantitative estimate of drug-likeness (QED) is 0.582. The summed E-state index contributed by atoms with van der Waals surface area (Å²) in [6.07, 6.45) is 0. The second kappa shape index (κ2) is 4.35. The third kappa shape index (κ3) is 2.10. The molecule has 100 valence electrons. The molecule has 19 heavy (non-hydrogen) atoms. The minimum absolute atomic E-state index is 0.0165. The molecule has 0 unspecified atom stereocenters. The lowest BCUT2D eigenvalue weighted by Gasteiger charge is -2.31. The number of carbonyl (C=O) groups is 3. The summed E-state index contributed by atoms with van der Waals surface area (Å²) in [7, 11) is 1.20. The van der Waals surface area contributed by atoms with Crippen molar-refractivity contribution in [2.24, 2.45) is 0 Å². The third-order valence-corrected chi connectivity index (χ3v) is 3.03. The van der Waals surface area contributed by atoms with Crippen LogP contribution in [0.4, 0.5) is 0 Å². The normalized spacial score (nSPS) is 16.6. The highest BCUT2D eigenvalue weighted by Gasteiger charge is 2.43. The minimum Gasteiger partial charge on any atom is -0.478 e. The smallest absolute Gasteiger partial charge is 0.341 e. The number of esters is 1. The zero-order valence-electron chi connectivity index (χ0n) is 10.6. The molecule has 6 heteroatoms. The summed E-state index contributed by atoms with van der Waals surface area (Å²) in [4.78, 5) is 35.5. The van der Waals surface area contributed by atoms with Crippen LogP contribution in [0.5, 0.6) is 5.75 Å². The van der Waals surface area contributed by atoms with Crippen molar-refractivity contribution >= 4 is 29.1 Å². The highest BCUT2D eigenvalue weighted by Crippen LogP contribution is 2.36. The predicted octanol–water partition coefficient (Wildman–Crippen LogP) is 2.05. The maximum absolute atomic E-state index is 12.0. The van der Waals surface area contributed by atoms with E-state index in [1.807, 2.05) is 0 Å². The fourth-order valence-electron chi connectivity index (χ4n) is 1.83. The number of ketones is 2. The molecule has 5 nitrogen and oxygen atoms in total. The molecule has 0 saturated carbocycles. The van der Waals surface area contributed by atoms with Crippen molar-refractivity contribution in [1.82, 2.24) is 0 Å². The van der Waals surface area contributed by atoms with E-state index < -0.39 is 23.1 Å². The molecule has 0 amide bonds. The Bertz CT molecular complexity index is 603. The largest absolute Gasteiger partial charge is 0.478 e. The van der Waals surface area contributed by atoms with E-state index in [2.05, 4.69) is 4.74 Å². The van der Waals surface area contributed by atoms with E-state index in [0.29, 0.717) is 0 Å². The Morgan fingerprint density at radius 1 is 1.32 bits per heavy atom. The molecule has 0 radical (unpaired) electrons. The van der Waals surface area contributed by atoms with Gasteiger partial charge in [0.15, 0.2) is 5.60 Å². The number of Topliss-reactive ketones (excluding diaryl/α,β-unsaturated/α-hetero) is 2. The fourth-order valence-corrected chi connectivity index (χ4v) is 2.05. The van der Waals surface area contributed by atoms with Crippen LogP contribution in [-0.4, -0.2) is 30.2 Å². The summed E-state index contributed by atoms with van der Waals surface area (Å²) in [5, 5.41) is 0.156. The van der Waals surface area contributed by atoms with Crippen molar-refractivity contribution in [1.29, 1.82) is 0 Å². The van der Waals surface area contributed by atoms with Crippen LogP contribution in [0.15, 0.2) is 12.1 Å². The van der Waals surface area contributed by atoms with Crippen LogP contribution in [0.25, 0.3) is 0 Å². The molecule has 0 bridgehead atoms. The van der Waals surface area contributed by atoms with Gasteiger partial charge in [-0.05, 0) is 26.0 Å². The Labute approximate surface area is 114 Å². The van der Waals surface area contributed by atoms with Crippen molar-refractivity contribution in [3.8, 4) is 5.75 Å². The summed E-state index contributed by atoms with van der Waals surface area (Å²) in [6.45, 7) is 2.93. The van der Waals surface area contributed by atoms with E-state index in [9.17, 15) is 14.4 Å². The van der Waals surface area contributed by atoms with Gasteiger partial charge in [-0.25, -0.2) is 4.79 Å². The number of carbonyl (C=O) groups excluding carboxylic acids is 3. The summed E-state index contributed by atoms with van der Waals surface area (Å²) in [5.41, 5.74) is -1.31. The van der Waals surface area contributed by atoms with Crippen molar-refractivity contribution in [2.75, 3.05) is 7.11 Å². The maximum Gasteiger partial charge on any atom is 0.341 e. The first-order chi connectivity index (χ1) is 8.77. The number of rotatable bonds is 1. The topological polar surface area (TPSA) is 69.7 Å². The molecule has 0 fully saturated rings. The Hall–Kier alpha value is -1.88. The van der Waals surface area contributed by atoms with Gasteiger partial charge >= 0.3 is 5.97 Å². The number of hydrogen-bond donors (Lipinski definition) is 0. The van der Waals surface area contributed by atoms with E-state index in [-0.39, 0.29) is 21.9 Å². The first-order valence-corrected chi connectivity index (χ1v) is 5.85. The van der Waals surface area contributed by atoms with Crippen molar-refractivity contribution in [3.05, 3.63) is 28.3 Å². The van der Waals surface area contributed by atoms with Gasteiger partial charge in [0.25, 0.3) is 0 Å². The number of ether oxygens (including phenoxy) is 2. The van der Waals surface area contributed by atoms with Gasteiger partial charge in [-0.2, -0.15) is 0 Å². The van der Waals surface area contributed by atoms with Gasteiger partial charge in [0.2, 0.25) is 11.6 Å². The average Bonchev–Trinajstić information content (AvgIpc) is 2.35. The van der Waals surface area contributed by atoms with Crippen molar-refractivity contribution in [2.45, 2.75) is 19.4 Å². The zero-order chi connectivity index (χ0) is 14.4. The van der Waals surface area contributed by atoms with Crippen LogP contribution in [0.1, 0.15) is 34.6 Å². The van der Waals surface area contributed by atoms with Gasteiger partial charge in [-0.1, -0.05) is 11.6 Å². The van der Waals surface area contributed by atoms with Crippen LogP contribution < -0.4 is 4.74 Å².